The van der Waals surface area contributed by atoms with Crippen molar-refractivity contribution >= 4 is 5.84 Å². The first-order chi connectivity index (χ1) is 8.69. The van der Waals surface area contributed by atoms with Crippen LogP contribution in [-0.2, 0) is 16.1 Å². The van der Waals surface area contributed by atoms with Gasteiger partial charge in [-0.05, 0) is 24.6 Å². The zero-order valence-electron chi connectivity index (χ0n) is 10.9. The van der Waals surface area contributed by atoms with Gasteiger partial charge in [0.2, 0.25) is 0 Å². The van der Waals surface area contributed by atoms with Crippen LogP contribution in [0.4, 0.5) is 0 Å². The van der Waals surface area contributed by atoms with Crippen molar-refractivity contribution in [1.29, 1.82) is 5.41 Å². The van der Waals surface area contributed by atoms with Crippen LogP contribution in [0.1, 0.15) is 18.1 Å². The van der Waals surface area contributed by atoms with E-state index in [0.29, 0.717) is 37.7 Å². The minimum absolute atomic E-state index is 0.00401. The first kappa shape index (κ1) is 14.5. The summed E-state index contributed by atoms with van der Waals surface area (Å²) in [6.45, 7) is 4.29. The SMILES string of the molecule is CCOCCOCc1ccc(C(=N)N)c(OC)c1. The molecule has 1 aromatic carbocycles. The first-order valence-electron chi connectivity index (χ1n) is 5.85. The number of hydrogen-bond acceptors (Lipinski definition) is 4. The van der Waals surface area contributed by atoms with E-state index in [1.54, 1.807) is 13.2 Å². The lowest BCUT2D eigenvalue weighted by molar-refractivity contribution is 0.0452. The number of ether oxygens (including phenoxy) is 3. The molecule has 0 bridgehead atoms. The molecular formula is C13H20N2O3. The Morgan fingerprint density at radius 3 is 2.61 bits per heavy atom. The standard InChI is InChI=1S/C13H20N2O3/c1-3-17-6-7-18-9-10-4-5-11(13(14)15)12(8-10)16-2/h4-5,8H,3,6-7,9H2,1-2H3,(H3,14,15). The van der Waals surface area contributed by atoms with Crippen LogP contribution in [0.25, 0.3) is 0 Å². The summed E-state index contributed by atoms with van der Waals surface area (Å²) in [6.07, 6.45) is 0. The maximum Gasteiger partial charge on any atom is 0.130 e. The Labute approximate surface area is 107 Å². The van der Waals surface area contributed by atoms with Crippen molar-refractivity contribution in [2.45, 2.75) is 13.5 Å². The molecule has 1 rings (SSSR count). The van der Waals surface area contributed by atoms with E-state index in [2.05, 4.69) is 0 Å². The summed E-state index contributed by atoms with van der Waals surface area (Å²) in [5.74, 6) is 0.587. The van der Waals surface area contributed by atoms with Gasteiger partial charge in [-0.3, -0.25) is 5.41 Å². The van der Waals surface area contributed by atoms with Crippen LogP contribution in [0.5, 0.6) is 5.75 Å². The van der Waals surface area contributed by atoms with Crippen molar-refractivity contribution in [2.75, 3.05) is 26.9 Å². The molecule has 3 N–H and O–H groups in total. The van der Waals surface area contributed by atoms with Crippen LogP contribution in [0.2, 0.25) is 0 Å². The second-order valence-electron chi connectivity index (χ2n) is 3.70. The molecule has 0 aliphatic carbocycles. The minimum Gasteiger partial charge on any atom is -0.496 e. The summed E-state index contributed by atoms with van der Waals surface area (Å²) in [7, 11) is 1.56. The number of nitrogen functional groups attached to an aromatic ring is 1. The van der Waals surface area contributed by atoms with E-state index in [9.17, 15) is 0 Å². The highest BCUT2D eigenvalue weighted by Gasteiger charge is 2.06. The van der Waals surface area contributed by atoms with Gasteiger partial charge >= 0.3 is 0 Å². The number of nitrogens with one attached hydrogen (secondary N) is 1. The number of benzene rings is 1. The molecule has 5 heteroatoms. The Bertz CT molecular complexity index is 394. The average Bonchev–Trinajstić information content (AvgIpc) is 2.38. The summed E-state index contributed by atoms with van der Waals surface area (Å²) >= 11 is 0. The maximum atomic E-state index is 7.41. The number of nitrogens with two attached hydrogens (primary N) is 1. The zero-order valence-corrected chi connectivity index (χ0v) is 10.9. The van der Waals surface area contributed by atoms with E-state index in [0.717, 1.165) is 5.56 Å². The molecule has 100 valence electrons. The molecule has 5 nitrogen and oxygen atoms in total. The lowest BCUT2D eigenvalue weighted by Crippen LogP contribution is -2.13. The average molecular weight is 252 g/mol. The summed E-state index contributed by atoms with van der Waals surface area (Å²) in [5.41, 5.74) is 7.02. The Morgan fingerprint density at radius 2 is 2.00 bits per heavy atom. The lowest BCUT2D eigenvalue weighted by Gasteiger charge is -2.10. The Balaban J connectivity index is 2.54. The third-order valence-corrected chi connectivity index (χ3v) is 2.40. The van der Waals surface area contributed by atoms with Gasteiger partial charge in [0.1, 0.15) is 11.6 Å². The van der Waals surface area contributed by atoms with Crippen molar-refractivity contribution in [2.24, 2.45) is 5.73 Å². The predicted molar refractivity (Wildman–Crippen MR) is 70.2 cm³/mol. The van der Waals surface area contributed by atoms with E-state index in [-0.39, 0.29) is 5.84 Å². The normalized spacial score (nSPS) is 10.3. The van der Waals surface area contributed by atoms with Crippen LogP contribution >= 0.6 is 0 Å². The molecule has 0 amide bonds. The van der Waals surface area contributed by atoms with E-state index in [4.69, 9.17) is 25.4 Å². The molecule has 0 atom stereocenters. The Hall–Kier alpha value is -1.59. The Morgan fingerprint density at radius 1 is 1.28 bits per heavy atom. The minimum atomic E-state index is -0.00401. The number of hydrogen-bond donors (Lipinski definition) is 2. The number of amidine groups is 1. The highest BCUT2D eigenvalue weighted by atomic mass is 16.5. The molecule has 0 unspecified atom stereocenters. The molecule has 0 radical (unpaired) electrons. The van der Waals surface area contributed by atoms with Gasteiger partial charge in [0.05, 0.1) is 32.5 Å². The molecule has 0 saturated carbocycles. The van der Waals surface area contributed by atoms with Crippen LogP contribution < -0.4 is 10.5 Å². The van der Waals surface area contributed by atoms with Crippen molar-refractivity contribution < 1.29 is 14.2 Å². The second kappa shape index (κ2) is 7.68. The van der Waals surface area contributed by atoms with Gasteiger partial charge in [-0.1, -0.05) is 6.07 Å². The predicted octanol–water partition coefficient (Wildman–Crippen LogP) is 1.53. The fourth-order valence-corrected chi connectivity index (χ4v) is 1.50. The fourth-order valence-electron chi connectivity index (χ4n) is 1.50. The summed E-state index contributed by atoms with van der Waals surface area (Å²) < 4.78 is 15.8. The molecule has 0 aliphatic rings. The number of methoxy groups -OCH3 is 1. The second-order valence-corrected chi connectivity index (χ2v) is 3.70. The molecule has 18 heavy (non-hydrogen) atoms. The van der Waals surface area contributed by atoms with Crippen LogP contribution in [0, 0.1) is 5.41 Å². The highest BCUT2D eigenvalue weighted by molar-refractivity contribution is 5.97. The Kier molecular flexibility index (Phi) is 6.18. The molecule has 0 heterocycles. The third kappa shape index (κ3) is 4.35. The van der Waals surface area contributed by atoms with Gasteiger partial charge in [-0.25, -0.2) is 0 Å². The summed E-state index contributed by atoms with van der Waals surface area (Å²) in [4.78, 5) is 0. The van der Waals surface area contributed by atoms with Crippen LogP contribution in [0.3, 0.4) is 0 Å². The third-order valence-electron chi connectivity index (χ3n) is 2.40. The largest absolute Gasteiger partial charge is 0.496 e. The van der Waals surface area contributed by atoms with E-state index in [1.807, 2.05) is 19.1 Å². The van der Waals surface area contributed by atoms with Gasteiger partial charge in [0.15, 0.2) is 0 Å². The monoisotopic (exact) mass is 252 g/mol. The fraction of sp³-hybridized carbons (Fsp3) is 0.462. The zero-order chi connectivity index (χ0) is 13.4. The lowest BCUT2D eigenvalue weighted by atomic mass is 10.1. The highest BCUT2D eigenvalue weighted by Crippen LogP contribution is 2.20. The molecule has 0 spiro atoms. The van der Waals surface area contributed by atoms with Gasteiger partial charge in [0, 0.05) is 6.61 Å². The van der Waals surface area contributed by atoms with Crippen LogP contribution in [-0.4, -0.2) is 32.8 Å². The van der Waals surface area contributed by atoms with Crippen molar-refractivity contribution in [3.05, 3.63) is 29.3 Å². The van der Waals surface area contributed by atoms with Gasteiger partial charge in [-0.15, -0.1) is 0 Å². The van der Waals surface area contributed by atoms with E-state index in [1.165, 1.54) is 0 Å². The van der Waals surface area contributed by atoms with Crippen LogP contribution in [0.15, 0.2) is 18.2 Å². The van der Waals surface area contributed by atoms with Gasteiger partial charge in [-0.2, -0.15) is 0 Å². The molecule has 0 fully saturated rings. The summed E-state index contributed by atoms with van der Waals surface area (Å²) in [6, 6.07) is 5.47. The molecular weight excluding hydrogens is 232 g/mol. The van der Waals surface area contributed by atoms with Crippen molar-refractivity contribution in [3.8, 4) is 5.75 Å². The maximum absolute atomic E-state index is 7.41. The summed E-state index contributed by atoms with van der Waals surface area (Å²) in [5, 5.41) is 7.41. The van der Waals surface area contributed by atoms with E-state index < -0.39 is 0 Å². The number of rotatable bonds is 8. The van der Waals surface area contributed by atoms with Gasteiger partial charge in [0.25, 0.3) is 0 Å². The molecule has 0 saturated heterocycles. The van der Waals surface area contributed by atoms with Crippen molar-refractivity contribution in [3.63, 3.8) is 0 Å². The smallest absolute Gasteiger partial charge is 0.130 e. The molecule has 0 aliphatic heterocycles. The quantitative estimate of drug-likeness (QED) is 0.418. The van der Waals surface area contributed by atoms with Crippen molar-refractivity contribution in [1.82, 2.24) is 0 Å². The van der Waals surface area contributed by atoms with E-state index >= 15 is 0 Å². The first-order valence-corrected chi connectivity index (χ1v) is 5.85. The topological polar surface area (TPSA) is 77.6 Å². The molecule has 1 aromatic rings. The molecule has 0 aromatic heterocycles. The van der Waals surface area contributed by atoms with Gasteiger partial charge < -0.3 is 19.9 Å².